The summed E-state index contributed by atoms with van der Waals surface area (Å²) in [6.45, 7) is 6.14. The molecule has 3 aromatic rings. The van der Waals surface area contributed by atoms with Crippen LogP contribution in [-0.2, 0) is 4.79 Å². The molecular weight excluding hydrogens is 358 g/mol. The number of rotatable bonds is 4. The first-order valence-electron chi connectivity index (χ1n) is 8.75. The number of benzene rings is 1. The number of nitrogens with one attached hydrogen (secondary N) is 1. The first-order valence-corrected chi connectivity index (χ1v) is 8.75. The highest BCUT2D eigenvalue weighted by Crippen LogP contribution is 2.32. The lowest BCUT2D eigenvalue weighted by atomic mass is 10.2. The highest BCUT2D eigenvalue weighted by atomic mass is 16.7. The van der Waals surface area contributed by atoms with Crippen LogP contribution < -0.4 is 14.8 Å². The number of anilines is 1. The van der Waals surface area contributed by atoms with Gasteiger partial charge in [-0.3, -0.25) is 4.79 Å². The van der Waals surface area contributed by atoms with Gasteiger partial charge in [-0.05, 0) is 50.1 Å². The van der Waals surface area contributed by atoms with Crippen molar-refractivity contribution in [2.45, 2.75) is 20.8 Å². The van der Waals surface area contributed by atoms with Crippen LogP contribution >= 0.6 is 0 Å². The SMILES string of the molecule is Cc1nn(-c2ncc(NC(=O)/C=C/c3ccc4c(c3)OCO4)cn2)c(C)c1C. The van der Waals surface area contributed by atoms with Gasteiger partial charge in [0.05, 0.1) is 23.8 Å². The van der Waals surface area contributed by atoms with Crippen LogP contribution in [0.2, 0.25) is 0 Å². The molecule has 0 saturated carbocycles. The zero-order valence-corrected chi connectivity index (χ0v) is 15.8. The molecule has 0 saturated heterocycles. The molecular formula is C20H19N5O3. The summed E-state index contributed by atoms with van der Waals surface area (Å²) in [6, 6.07) is 5.49. The normalized spacial score (nSPS) is 12.5. The van der Waals surface area contributed by atoms with Gasteiger partial charge >= 0.3 is 0 Å². The van der Waals surface area contributed by atoms with E-state index in [-0.39, 0.29) is 12.7 Å². The smallest absolute Gasteiger partial charge is 0.250 e. The van der Waals surface area contributed by atoms with Gasteiger partial charge < -0.3 is 14.8 Å². The Morgan fingerprint density at radius 3 is 2.61 bits per heavy atom. The number of fused-ring (bicyclic) bond motifs is 1. The monoisotopic (exact) mass is 377 g/mol. The van der Waals surface area contributed by atoms with E-state index in [1.54, 1.807) is 23.2 Å². The van der Waals surface area contributed by atoms with E-state index in [2.05, 4.69) is 20.4 Å². The Labute approximate surface area is 161 Å². The Morgan fingerprint density at radius 2 is 1.89 bits per heavy atom. The van der Waals surface area contributed by atoms with Crippen molar-refractivity contribution in [2.75, 3.05) is 12.1 Å². The molecule has 0 spiro atoms. The largest absolute Gasteiger partial charge is 0.454 e. The number of ether oxygens (including phenoxy) is 2. The average molecular weight is 377 g/mol. The number of aryl methyl sites for hydroxylation is 1. The van der Waals surface area contributed by atoms with Crippen LogP contribution in [0.3, 0.4) is 0 Å². The molecule has 2 aromatic heterocycles. The molecule has 8 nitrogen and oxygen atoms in total. The van der Waals surface area contributed by atoms with E-state index in [4.69, 9.17) is 9.47 Å². The van der Waals surface area contributed by atoms with Gasteiger partial charge in [-0.25, -0.2) is 14.6 Å². The van der Waals surface area contributed by atoms with E-state index in [0.29, 0.717) is 23.1 Å². The average Bonchev–Trinajstić information content (AvgIpc) is 3.27. The lowest BCUT2D eigenvalue weighted by Gasteiger charge is -2.05. The Balaban J connectivity index is 1.42. The summed E-state index contributed by atoms with van der Waals surface area (Å²) in [5.41, 5.74) is 4.37. The minimum Gasteiger partial charge on any atom is -0.454 e. The minimum atomic E-state index is -0.282. The zero-order chi connectivity index (χ0) is 19.7. The third kappa shape index (κ3) is 3.44. The third-order valence-electron chi connectivity index (χ3n) is 4.57. The summed E-state index contributed by atoms with van der Waals surface area (Å²) < 4.78 is 12.3. The minimum absolute atomic E-state index is 0.218. The van der Waals surface area contributed by atoms with Crippen molar-refractivity contribution in [3.05, 3.63) is 59.2 Å². The number of hydrogen-bond donors (Lipinski definition) is 1. The molecule has 4 rings (SSSR count). The van der Waals surface area contributed by atoms with E-state index in [9.17, 15) is 4.79 Å². The van der Waals surface area contributed by atoms with E-state index in [1.807, 2.05) is 39.0 Å². The van der Waals surface area contributed by atoms with E-state index >= 15 is 0 Å². The quantitative estimate of drug-likeness (QED) is 0.703. The predicted molar refractivity (Wildman–Crippen MR) is 104 cm³/mol. The summed E-state index contributed by atoms with van der Waals surface area (Å²) in [4.78, 5) is 20.7. The number of nitrogens with zero attached hydrogens (tertiary/aromatic N) is 4. The van der Waals surface area contributed by atoms with Crippen molar-refractivity contribution < 1.29 is 14.3 Å². The first kappa shape index (κ1) is 17.7. The van der Waals surface area contributed by atoms with Gasteiger partial charge in [0.2, 0.25) is 12.7 Å². The van der Waals surface area contributed by atoms with Crippen molar-refractivity contribution in [3.63, 3.8) is 0 Å². The molecule has 1 aliphatic rings. The topological polar surface area (TPSA) is 91.2 Å². The second kappa shape index (κ2) is 7.15. The molecule has 28 heavy (non-hydrogen) atoms. The van der Waals surface area contributed by atoms with Crippen LogP contribution in [0, 0.1) is 20.8 Å². The maximum Gasteiger partial charge on any atom is 0.250 e. The number of carbonyl (C=O) groups is 1. The van der Waals surface area contributed by atoms with Gasteiger partial charge in [-0.15, -0.1) is 0 Å². The van der Waals surface area contributed by atoms with Crippen LogP contribution in [0.4, 0.5) is 5.69 Å². The molecule has 1 aliphatic heterocycles. The highest BCUT2D eigenvalue weighted by Gasteiger charge is 2.13. The van der Waals surface area contributed by atoms with Crippen molar-refractivity contribution in [3.8, 4) is 17.4 Å². The van der Waals surface area contributed by atoms with Crippen molar-refractivity contribution in [2.24, 2.45) is 0 Å². The highest BCUT2D eigenvalue weighted by molar-refractivity contribution is 6.01. The Hall–Kier alpha value is -3.68. The van der Waals surface area contributed by atoms with Crippen LogP contribution in [0.15, 0.2) is 36.7 Å². The number of aromatic nitrogens is 4. The lowest BCUT2D eigenvalue weighted by Crippen LogP contribution is -2.10. The Bertz CT molecular complexity index is 1070. The van der Waals surface area contributed by atoms with Crippen molar-refractivity contribution in [1.82, 2.24) is 19.7 Å². The Kier molecular flexibility index (Phi) is 4.52. The fraction of sp³-hybridized carbons (Fsp3) is 0.200. The molecule has 0 bridgehead atoms. The molecule has 0 fully saturated rings. The fourth-order valence-corrected chi connectivity index (χ4v) is 2.78. The summed E-state index contributed by atoms with van der Waals surface area (Å²) in [5.74, 6) is 1.56. The molecule has 0 atom stereocenters. The molecule has 0 unspecified atom stereocenters. The van der Waals surface area contributed by atoms with E-state index < -0.39 is 0 Å². The lowest BCUT2D eigenvalue weighted by molar-refractivity contribution is -0.111. The maximum absolute atomic E-state index is 12.1. The summed E-state index contributed by atoms with van der Waals surface area (Å²) >= 11 is 0. The molecule has 0 radical (unpaired) electrons. The predicted octanol–water partition coefficient (Wildman–Crippen LogP) is 2.97. The second-order valence-corrected chi connectivity index (χ2v) is 6.41. The molecule has 0 aliphatic carbocycles. The standard InChI is InChI=1S/C20H19N5O3/c1-12-13(2)24-25(14(12)3)20-21-9-16(10-22-20)23-19(26)7-5-15-4-6-17-18(8-15)28-11-27-17/h4-10H,11H2,1-3H3,(H,23,26)/b7-5+. The van der Waals surface area contributed by atoms with Crippen LogP contribution in [-0.4, -0.2) is 32.4 Å². The summed E-state index contributed by atoms with van der Waals surface area (Å²) in [7, 11) is 0. The van der Waals surface area contributed by atoms with E-state index in [1.165, 1.54) is 6.08 Å². The number of carbonyl (C=O) groups excluding carboxylic acids is 1. The summed E-state index contributed by atoms with van der Waals surface area (Å²) in [6.07, 6.45) is 6.25. The van der Waals surface area contributed by atoms with Crippen LogP contribution in [0.5, 0.6) is 11.5 Å². The van der Waals surface area contributed by atoms with Crippen LogP contribution in [0.1, 0.15) is 22.5 Å². The number of hydrogen-bond acceptors (Lipinski definition) is 6. The van der Waals surface area contributed by atoms with Crippen LogP contribution in [0.25, 0.3) is 12.0 Å². The fourth-order valence-electron chi connectivity index (χ4n) is 2.78. The van der Waals surface area contributed by atoms with Gasteiger partial charge in [0.15, 0.2) is 11.5 Å². The van der Waals surface area contributed by atoms with Gasteiger partial charge in [-0.1, -0.05) is 6.07 Å². The van der Waals surface area contributed by atoms with Gasteiger partial charge in [-0.2, -0.15) is 5.10 Å². The number of amides is 1. The Morgan fingerprint density at radius 1 is 1.14 bits per heavy atom. The van der Waals surface area contributed by atoms with Crippen molar-refractivity contribution in [1.29, 1.82) is 0 Å². The second-order valence-electron chi connectivity index (χ2n) is 6.41. The van der Waals surface area contributed by atoms with Gasteiger partial charge in [0, 0.05) is 11.8 Å². The zero-order valence-electron chi connectivity index (χ0n) is 15.8. The van der Waals surface area contributed by atoms with Gasteiger partial charge in [0.1, 0.15) is 0 Å². The molecule has 1 aromatic carbocycles. The molecule has 1 N–H and O–H groups in total. The maximum atomic E-state index is 12.1. The first-order chi connectivity index (χ1) is 13.5. The van der Waals surface area contributed by atoms with Crippen molar-refractivity contribution >= 4 is 17.7 Å². The molecule has 3 heterocycles. The van der Waals surface area contributed by atoms with E-state index in [0.717, 1.165) is 22.5 Å². The third-order valence-corrected chi connectivity index (χ3v) is 4.57. The summed E-state index contributed by atoms with van der Waals surface area (Å²) in [5, 5.41) is 7.17. The molecule has 142 valence electrons. The molecule has 8 heteroatoms. The van der Waals surface area contributed by atoms with Gasteiger partial charge in [0.25, 0.3) is 5.95 Å². The molecule has 1 amide bonds.